The number of aromatic nitrogens is 3. The lowest BCUT2D eigenvalue weighted by Gasteiger charge is -2.11. The van der Waals surface area contributed by atoms with E-state index in [2.05, 4.69) is 25.6 Å². The molecule has 0 spiro atoms. The molecule has 0 unspecified atom stereocenters. The van der Waals surface area contributed by atoms with Crippen molar-refractivity contribution in [2.75, 3.05) is 30.9 Å². The molecule has 134 valence electrons. The van der Waals surface area contributed by atoms with Crippen LogP contribution in [-0.4, -0.2) is 35.2 Å². The molecule has 1 aromatic carbocycles. The number of nitrogens with zero attached hydrogens (tertiary/aromatic N) is 3. The molecule has 6 nitrogen and oxygen atoms in total. The number of ether oxygens (including phenoxy) is 1. The van der Waals surface area contributed by atoms with Gasteiger partial charge >= 0.3 is 0 Å². The van der Waals surface area contributed by atoms with E-state index >= 15 is 0 Å². The Morgan fingerprint density at radius 3 is 2.85 bits per heavy atom. The summed E-state index contributed by atoms with van der Waals surface area (Å²) in [7, 11) is 1.70. The highest BCUT2D eigenvalue weighted by Gasteiger charge is 2.09. The average molecular weight is 370 g/mol. The number of nitrogens with one attached hydrogen (secondary N) is 2. The number of hydrogen-bond donors (Lipinski definition) is 2. The van der Waals surface area contributed by atoms with Crippen LogP contribution in [0.2, 0.25) is 5.02 Å². The van der Waals surface area contributed by atoms with Crippen LogP contribution >= 0.6 is 11.6 Å². The van der Waals surface area contributed by atoms with Gasteiger partial charge in [0.1, 0.15) is 5.82 Å². The molecule has 3 aromatic rings. The minimum Gasteiger partial charge on any atom is -0.385 e. The Bertz CT molecular complexity index is 859. The highest BCUT2D eigenvalue weighted by Crippen LogP contribution is 2.25. The Kier molecular flexibility index (Phi) is 6.35. The molecule has 0 atom stereocenters. The highest BCUT2D eigenvalue weighted by molar-refractivity contribution is 6.30. The molecule has 0 aliphatic heterocycles. The highest BCUT2D eigenvalue weighted by atomic mass is 35.5. The molecule has 0 aliphatic rings. The van der Waals surface area contributed by atoms with E-state index in [0.29, 0.717) is 17.6 Å². The van der Waals surface area contributed by atoms with Gasteiger partial charge in [-0.3, -0.25) is 0 Å². The third kappa shape index (κ3) is 4.91. The monoisotopic (exact) mass is 369 g/mol. The zero-order chi connectivity index (χ0) is 18.2. The summed E-state index contributed by atoms with van der Waals surface area (Å²) < 4.78 is 5.08. The van der Waals surface area contributed by atoms with Gasteiger partial charge < -0.3 is 15.4 Å². The Balaban J connectivity index is 1.79. The van der Waals surface area contributed by atoms with Gasteiger partial charge in [0.15, 0.2) is 0 Å². The van der Waals surface area contributed by atoms with Gasteiger partial charge in [0.2, 0.25) is 5.95 Å². The fourth-order valence-corrected chi connectivity index (χ4v) is 2.63. The second kappa shape index (κ2) is 9.12. The summed E-state index contributed by atoms with van der Waals surface area (Å²) in [6, 6.07) is 13.2. The van der Waals surface area contributed by atoms with Gasteiger partial charge in [-0.05, 0) is 42.8 Å². The predicted molar refractivity (Wildman–Crippen MR) is 105 cm³/mol. The summed E-state index contributed by atoms with van der Waals surface area (Å²) in [6.07, 6.45) is 4.38. The summed E-state index contributed by atoms with van der Waals surface area (Å²) in [5, 5.41) is 7.16. The van der Waals surface area contributed by atoms with Gasteiger partial charge in [-0.1, -0.05) is 17.7 Å². The van der Waals surface area contributed by atoms with Crippen molar-refractivity contribution in [1.29, 1.82) is 0 Å². The van der Waals surface area contributed by atoms with E-state index in [-0.39, 0.29) is 0 Å². The van der Waals surface area contributed by atoms with Crippen molar-refractivity contribution in [2.24, 2.45) is 0 Å². The van der Waals surface area contributed by atoms with Crippen LogP contribution in [0.15, 0.2) is 54.9 Å². The Labute approximate surface area is 157 Å². The fourth-order valence-electron chi connectivity index (χ4n) is 2.44. The van der Waals surface area contributed by atoms with Gasteiger partial charge in [-0.15, -0.1) is 0 Å². The third-order valence-electron chi connectivity index (χ3n) is 3.64. The van der Waals surface area contributed by atoms with Crippen molar-refractivity contribution in [3.8, 4) is 11.3 Å². The lowest BCUT2D eigenvalue weighted by molar-refractivity contribution is 0.198. The molecular formula is C19H20ClN5O. The first-order valence-corrected chi connectivity index (χ1v) is 8.68. The van der Waals surface area contributed by atoms with Crippen LogP contribution in [0.3, 0.4) is 0 Å². The molecule has 2 aromatic heterocycles. The van der Waals surface area contributed by atoms with Crippen LogP contribution in [0.25, 0.3) is 11.3 Å². The number of pyridine rings is 1. The maximum Gasteiger partial charge on any atom is 0.227 e. The number of benzene rings is 1. The first-order valence-electron chi connectivity index (χ1n) is 8.30. The molecule has 3 rings (SSSR count). The van der Waals surface area contributed by atoms with Gasteiger partial charge in [-0.25, -0.2) is 15.0 Å². The summed E-state index contributed by atoms with van der Waals surface area (Å²) in [4.78, 5) is 13.3. The van der Waals surface area contributed by atoms with E-state index in [0.717, 1.165) is 35.7 Å². The summed E-state index contributed by atoms with van der Waals surface area (Å²) in [6.45, 7) is 1.48. The molecule has 0 saturated heterocycles. The van der Waals surface area contributed by atoms with Gasteiger partial charge in [0, 0.05) is 48.9 Å². The molecule has 26 heavy (non-hydrogen) atoms. The van der Waals surface area contributed by atoms with Crippen molar-refractivity contribution < 1.29 is 4.74 Å². The van der Waals surface area contributed by atoms with Crippen molar-refractivity contribution in [2.45, 2.75) is 6.42 Å². The van der Waals surface area contributed by atoms with Crippen LogP contribution in [0.5, 0.6) is 0 Å². The van der Waals surface area contributed by atoms with Crippen LogP contribution in [0.1, 0.15) is 6.42 Å². The second-order valence-electron chi connectivity index (χ2n) is 5.57. The third-order valence-corrected chi connectivity index (χ3v) is 3.87. The van der Waals surface area contributed by atoms with E-state index < -0.39 is 0 Å². The van der Waals surface area contributed by atoms with E-state index in [1.807, 2.05) is 42.5 Å². The fraction of sp³-hybridized carbons (Fsp3) is 0.211. The zero-order valence-electron chi connectivity index (χ0n) is 14.4. The topological polar surface area (TPSA) is 72.0 Å². The maximum absolute atomic E-state index is 6.02. The zero-order valence-corrected chi connectivity index (χ0v) is 15.2. The quantitative estimate of drug-likeness (QED) is 0.574. The number of methoxy groups -OCH3 is 1. The lowest BCUT2D eigenvalue weighted by atomic mass is 10.2. The second-order valence-corrected chi connectivity index (χ2v) is 6.01. The summed E-state index contributed by atoms with van der Waals surface area (Å²) >= 11 is 6.02. The molecule has 0 bridgehead atoms. The maximum atomic E-state index is 6.02. The number of hydrogen-bond acceptors (Lipinski definition) is 6. The van der Waals surface area contributed by atoms with Crippen molar-refractivity contribution >= 4 is 29.1 Å². The van der Waals surface area contributed by atoms with Crippen LogP contribution in [0.4, 0.5) is 17.5 Å². The largest absolute Gasteiger partial charge is 0.385 e. The van der Waals surface area contributed by atoms with E-state index in [1.54, 1.807) is 19.5 Å². The Morgan fingerprint density at radius 1 is 1.08 bits per heavy atom. The number of anilines is 3. The predicted octanol–water partition coefficient (Wildman–Crippen LogP) is 4.38. The molecule has 2 heterocycles. The molecule has 0 saturated carbocycles. The standard InChI is InChI=1S/C19H20ClN5O/c1-26-12-4-10-22-18-16(7-3-9-21-18)17-8-11-23-19(25-17)24-15-6-2-5-14(20)13-15/h2-3,5-9,11,13H,4,10,12H2,1H3,(H,21,22)(H,23,24,25). The molecule has 0 radical (unpaired) electrons. The summed E-state index contributed by atoms with van der Waals surface area (Å²) in [5.41, 5.74) is 2.53. The van der Waals surface area contributed by atoms with Crippen molar-refractivity contribution in [3.63, 3.8) is 0 Å². The Morgan fingerprint density at radius 2 is 2.00 bits per heavy atom. The number of halogens is 1. The van der Waals surface area contributed by atoms with E-state index in [4.69, 9.17) is 16.3 Å². The normalized spacial score (nSPS) is 10.5. The van der Waals surface area contributed by atoms with Crippen molar-refractivity contribution in [3.05, 3.63) is 59.9 Å². The van der Waals surface area contributed by atoms with Gasteiger partial charge in [0.05, 0.1) is 5.69 Å². The molecule has 2 N–H and O–H groups in total. The minimum absolute atomic E-state index is 0.499. The molecule has 0 fully saturated rings. The average Bonchev–Trinajstić information content (AvgIpc) is 2.66. The van der Waals surface area contributed by atoms with E-state index in [1.165, 1.54) is 0 Å². The first-order chi connectivity index (χ1) is 12.8. The summed E-state index contributed by atoms with van der Waals surface area (Å²) in [5.74, 6) is 1.29. The van der Waals surface area contributed by atoms with Crippen LogP contribution in [0, 0.1) is 0 Å². The minimum atomic E-state index is 0.499. The Hall–Kier alpha value is -2.70. The number of rotatable bonds is 8. The lowest BCUT2D eigenvalue weighted by Crippen LogP contribution is -2.07. The van der Waals surface area contributed by atoms with Crippen LogP contribution in [-0.2, 0) is 4.74 Å². The molecule has 7 heteroatoms. The van der Waals surface area contributed by atoms with Crippen molar-refractivity contribution in [1.82, 2.24) is 15.0 Å². The van der Waals surface area contributed by atoms with Crippen LogP contribution < -0.4 is 10.6 Å². The first kappa shape index (κ1) is 18.1. The smallest absolute Gasteiger partial charge is 0.227 e. The van der Waals surface area contributed by atoms with Gasteiger partial charge in [-0.2, -0.15) is 0 Å². The van der Waals surface area contributed by atoms with Gasteiger partial charge in [0.25, 0.3) is 0 Å². The molecule has 0 amide bonds. The van der Waals surface area contributed by atoms with E-state index in [9.17, 15) is 0 Å². The SMILES string of the molecule is COCCCNc1ncccc1-c1ccnc(Nc2cccc(Cl)c2)n1. The molecule has 0 aliphatic carbocycles. The molecular weight excluding hydrogens is 350 g/mol.